The summed E-state index contributed by atoms with van der Waals surface area (Å²) in [5.41, 5.74) is 1.93. The number of carbonyl (C=O) groups is 1. The van der Waals surface area contributed by atoms with Gasteiger partial charge in [0.2, 0.25) is 0 Å². The molecule has 144 valence electrons. The van der Waals surface area contributed by atoms with Crippen LogP contribution in [-0.4, -0.2) is 22.6 Å². The van der Waals surface area contributed by atoms with Crippen LogP contribution in [0.5, 0.6) is 5.75 Å². The van der Waals surface area contributed by atoms with Crippen LogP contribution in [0.2, 0.25) is 0 Å². The minimum absolute atomic E-state index is 0.0451. The maximum Gasteiger partial charge on any atom is 0.261 e. The fourth-order valence-corrected chi connectivity index (χ4v) is 3.58. The van der Waals surface area contributed by atoms with E-state index in [1.807, 2.05) is 24.3 Å². The van der Waals surface area contributed by atoms with Gasteiger partial charge in [-0.25, -0.2) is 0 Å². The number of nitrogens with one attached hydrogen (secondary N) is 2. The van der Waals surface area contributed by atoms with Crippen LogP contribution in [0.25, 0.3) is 10.9 Å². The molecule has 1 aliphatic carbocycles. The van der Waals surface area contributed by atoms with Gasteiger partial charge in [-0.2, -0.15) is 0 Å². The van der Waals surface area contributed by atoms with Crippen molar-refractivity contribution in [2.75, 3.05) is 7.11 Å². The molecule has 6 nitrogen and oxygen atoms in total. The molecule has 28 heavy (non-hydrogen) atoms. The number of ether oxygens (including phenoxy) is 1. The summed E-state index contributed by atoms with van der Waals surface area (Å²) in [6.07, 6.45) is 2.19. The van der Waals surface area contributed by atoms with Crippen molar-refractivity contribution >= 4 is 29.0 Å². The van der Waals surface area contributed by atoms with E-state index in [1.54, 1.807) is 32.4 Å². The summed E-state index contributed by atoms with van der Waals surface area (Å²) in [5, 5.41) is 3.65. The van der Waals surface area contributed by atoms with Crippen molar-refractivity contribution in [1.82, 2.24) is 14.9 Å². The average Bonchev–Trinajstić information content (AvgIpc) is 3.55. The maximum atomic E-state index is 12.9. The lowest BCUT2D eigenvalue weighted by Crippen LogP contribution is -2.30. The number of rotatable bonds is 5. The Kier molecular flexibility index (Phi) is 4.77. The molecule has 0 spiro atoms. The summed E-state index contributed by atoms with van der Waals surface area (Å²) < 4.78 is 6.92. The molecule has 0 saturated heterocycles. The Hall–Kier alpha value is -2.93. The van der Waals surface area contributed by atoms with E-state index in [0.717, 1.165) is 24.2 Å². The Morgan fingerprint density at radius 3 is 2.61 bits per heavy atom. The number of carbonyl (C=O) groups excluding carboxylic acids is 1. The maximum absolute atomic E-state index is 12.9. The molecular formula is C21H21N3O3S. The normalized spacial score (nSPS) is 14.6. The largest absolute Gasteiger partial charge is 0.497 e. The van der Waals surface area contributed by atoms with Crippen molar-refractivity contribution in [1.29, 1.82) is 0 Å². The molecule has 1 aliphatic rings. The molecule has 0 aliphatic heterocycles. The lowest BCUT2D eigenvalue weighted by atomic mass is 10.0. The van der Waals surface area contributed by atoms with Gasteiger partial charge in [0.05, 0.1) is 24.1 Å². The summed E-state index contributed by atoms with van der Waals surface area (Å²) in [6.45, 7) is 0. The summed E-state index contributed by atoms with van der Waals surface area (Å²) in [7, 11) is 3.25. The Morgan fingerprint density at radius 2 is 1.96 bits per heavy atom. The average molecular weight is 395 g/mol. The molecule has 2 aromatic carbocycles. The number of fused-ring (bicyclic) bond motifs is 1. The molecule has 1 aromatic heterocycles. The monoisotopic (exact) mass is 395 g/mol. The zero-order chi connectivity index (χ0) is 19.8. The second-order valence-corrected chi connectivity index (χ2v) is 7.50. The Balaban J connectivity index is 1.63. The number of hydrogen-bond acceptors (Lipinski definition) is 4. The topological polar surface area (TPSA) is 76.1 Å². The number of methoxy groups -OCH3 is 1. The predicted octanol–water partition coefficient (Wildman–Crippen LogP) is 3.49. The molecule has 1 atom stereocenters. The number of hydrogen-bond donors (Lipinski definition) is 2. The first-order valence-electron chi connectivity index (χ1n) is 9.16. The van der Waals surface area contributed by atoms with Crippen LogP contribution in [0.1, 0.15) is 34.8 Å². The van der Waals surface area contributed by atoms with Crippen LogP contribution in [-0.2, 0) is 7.05 Å². The highest BCUT2D eigenvalue weighted by molar-refractivity contribution is 7.71. The van der Waals surface area contributed by atoms with Gasteiger partial charge in [0, 0.05) is 12.6 Å². The van der Waals surface area contributed by atoms with E-state index in [-0.39, 0.29) is 17.5 Å². The Bertz CT molecular complexity index is 1160. The molecule has 1 amide bonds. The van der Waals surface area contributed by atoms with Crippen LogP contribution in [0.4, 0.5) is 0 Å². The molecule has 1 unspecified atom stereocenters. The number of nitrogens with zero attached hydrogens (tertiary/aromatic N) is 1. The fraction of sp³-hybridized carbons (Fsp3) is 0.286. The quantitative estimate of drug-likeness (QED) is 0.649. The van der Waals surface area contributed by atoms with Crippen molar-refractivity contribution in [2.45, 2.75) is 18.9 Å². The minimum Gasteiger partial charge on any atom is -0.497 e. The smallest absolute Gasteiger partial charge is 0.261 e. The van der Waals surface area contributed by atoms with Crippen molar-refractivity contribution in [3.05, 3.63) is 68.7 Å². The number of benzene rings is 2. The SMILES string of the molecule is COc1ccc(C(NC(=O)c2ccc3c(=O)n(C)c(=S)[nH]c3c2)C2CC2)cc1. The van der Waals surface area contributed by atoms with Crippen LogP contribution < -0.4 is 15.6 Å². The lowest BCUT2D eigenvalue weighted by Gasteiger charge is -2.19. The standard InChI is InChI=1S/C21H21N3O3S/c1-24-20(26)16-10-7-14(11-17(16)22-21(24)28)19(25)23-18(12-3-4-12)13-5-8-15(27-2)9-6-13/h5-12,18H,3-4H2,1-2H3,(H,22,28)(H,23,25). The highest BCUT2D eigenvalue weighted by atomic mass is 32.1. The number of amides is 1. The van der Waals surface area contributed by atoms with Gasteiger partial charge in [-0.3, -0.25) is 14.2 Å². The van der Waals surface area contributed by atoms with E-state index in [0.29, 0.717) is 27.2 Å². The lowest BCUT2D eigenvalue weighted by molar-refractivity contribution is 0.0932. The first kappa shape index (κ1) is 18.4. The van der Waals surface area contributed by atoms with Gasteiger partial charge in [-0.15, -0.1) is 0 Å². The van der Waals surface area contributed by atoms with Gasteiger partial charge in [0.1, 0.15) is 5.75 Å². The fourth-order valence-electron chi connectivity index (χ4n) is 3.39. The molecule has 4 rings (SSSR count). The first-order valence-corrected chi connectivity index (χ1v) is 9.56. The Morgan fingerprint density at radius 1 is 1.25 bits per heavy atom. The number of aromatic amines is 1. The molecule has 3 aromatic rings. The molecule has 0 radical (unpaired) electrons. The second kappa shape index (κ2) is 7.24. The van der Waals surface area contributed by atoms with Crippen molar-refractivity contribution in [3.8, 4) is 5.75 Å². The molecule has 1 heterocycles. The van der Waals surface area contributed by atoms with E-state index in [9.17, 15) is 9.59 Å². The summed E-state index contributed by atoms with van der Waals surface area (Å²) in [4.78, 5) is 28.2. The number of aromatic nitrogens is 2. The highest BCUT2D eigenvalue weighted by Crippen LogP contribution is 2.41. The van der Waals surface area contributed by atoms with Crippen molar-refractivity contribution < 1.29 is 9.53 Å². The molecule has 7 heteroatoms. The number of H-pyrrole nitrogens is 1. The van der Waals surface area contributed by atoms with Gasteiger partial charge < -0.3 is 15.0 Å². The van der Waals surface area contributed by atoms with Gasteiger partial charge in [0.25, 0.3) is 11.5 Å². The minimum atomic E-state index is -0.181. The molecular weight excluding hydrogens is 374 g/mol. The predicted molar refractivity (Wildman–Crippen MR) is 110 cm³/mol. The summed E-state index contributed by atoms with van der Waals surface area (Å²) in [5.74, 6) is 1.06. The van der Waals surface area contributed by atoms with Crippen LogP contribution in [0.3, 0.4) is 0 Å². The molecule has 2 N–H and O–H groups in total. The van der Waals surface area contributed by atoms with Crippen LogP contribution in [0, 0.1) is 10.7 Å². The van der Waals surface area contributed by atoms with E-state index >= 15 is 0 Å². The third kappa shape index (κ3) is 3.45. The Labute approximate surface area is 167 Å². The zero-order valence-corrected chi connectivity index (χ0v) is 16.5. The third-order valence-electron chi connectivity index (χ3n) is 5.22. The van der Waals surface area contributed by atoms with Gasteiger partial charge in [-0.1, -0.05) is 12.1 Å². The van der Waals surface area contributed by atoms with E-state index in [1.165, 1.54) is 4.57 Å². The van der Waals surface area contributed by atoms with Crippen LogP contribution in [0.15, 0.2) is 47.3 Å². The van der Waals surface area contributed by atoms with Crippen molar-refractivity contribution in [2.24, 2.45) is 13.0 Å². The zero-order valence-electron chi connectivity index (χ0n) is 15.7. The second-order valence-electron chi connectivity index (χ2n) is 7.12. The third-order valence-corrected chi connectivity index (χ3v) is 5.59. The highest BCUT2D eigenvalue weighted by Gasteiger charge is 2.33. The van der Waals surface area contributed by atoms with E-state index in [2.05, 4.69) is 10.3 Å². The van der Waals surface area contributed by atoms with Gasteiger partial charge in [-0.05, 0) is 66.9 Å². The van der Waals surface area contributed by atoms with Gasteiger partial charge in [0.15, 0.2) is 4.77 Å². The van der Waals surface area contributed by atoms with Gasteiger partial charge >= 0.3 is 0 Å². The summed E-state index contributed by atoms with van der Waals surface area (Å²) in [6, 6.07) is 12.8. The molecule has 1 saturated carbocycles. The van der Waals surface area contributed by atoms with Crippen LogP contribution >= 0.6 is 12.2 Å². The first-order chi connectivity index (χ1) is 13.5. The summed E-state index contributed by atoms with van der Waals surface area (Å²) >= 11 is 5.17. The van der Waals surface area contributed by atoms with E-state index in [4.69, 9.17) is 17.0 Å². The molecule has 1 fully saturated rings. The van der Waals surface area contributed by atoms with E-state index < -0.39 is 0 Å². The van der Waals surface area contributed by atoms with Crippen molar-refractivity contribution in [3.63, 3.8) is 0 Å². The molecule has 0 bridgehead atoms.